The van der Waals surface area contributed by atoms with E-state index in [2.05, 4.69) is 33.7 Å². The monoisotopic (exact) mass is 201 g/mol. The van der Waals surface area contributed by atoms with Gasteiger partial charge in [0.25, 0.3) is 0 Å². The number of para-hydroxylation sites is 1. The molecule has 1 aromatic carbocycles. The lowest BCUT2D eigenvalue weighted by molar-refractivity contribution is 0.463. The second-order valence-electron chi connectivity index (χ2n) is 4.22. The highest BCUT2D eigenvalue weighted by Crippen LogP contribution is 2.28. The summed E-state index contributed by atoms with van der Waals surface area (Å²) >= 11 is 0. The summed E-state index contributed by atoms with van der Waals surface area (Å²) in [5.74, 6) is 0.642. The van der Waals surface area contributed by atoms with E-state index in [4.69, 9.17) is 0 Å². The van der Waals surface area contributed by atoms with Gasteiger partial charge in [-0.1, -0.05) is 18.2 Å². The Morgan fingerprint density at radius 2 is 2.33 bits per heavy atom. The summed E-state index contributed by atoms with van der Waals surface area (Å²) in [5.41, 5.74) is 2.63. The standard InChI is InChI=1S/C12H15N3/c1-3-10-8-14-15-12(10)11(5-1)9-4-2-6-13-7-9/h1,3,5,8-9,13H,2,4,6-7H2,(H,14,15). The van der Waals surface area contributed by atoms with Gasteiger partial charge in [-0.3, -0.25) is 5.10 Å². The Morgan fingerprint density at radius 1 is 1.33 bits per heavy atom. The van der Waals surface area contributed by atoms with E-state index in [-0.39, 0.29) is 0 Å². The molecule has 2 aromatic rings. The van der Waals surface area contributed by atoms with E-state index < -0.39 is 0 Å². The molecule has 1 aliphatic heterocycles. The number of benzene rings is 1. The fourth-order valence-corrected chi connectivity index (χ4v) is 2.45. The van der Waals surface area contributed by atoms with Crippen LogP contribution in [0.3, 0.4) is 0 Å². The molecule has 0 saturated carbocycles. The summed E-state index contributed by atoms with van der Waals surface area (Å²) in [6, 6.07) is 6.46. The molecule has 15 heavy (non-hydrogen) atoms. The van der Waals surface area contributed by atoms with Crippen LogP contribution in [0.2, 0.25) is 0 Å². The topological polar surface area (TPSA) is 40.7 Å². The fraction of sp³-hybridized carbons (Fsp3) is 0.417. The fourth-order valence-electron chi connectivity index (χ4n) is 2.45. The molecule has 1 unspecified atom stereocenters. The predicted molar refractivity (Wildman–Crippen MR) is 60.9 cm³/mol. The third-order valence-electron chi connectivity index (χ3n) is 3.25. The summed E-state index contributed by atoms with van der Waals surface area (Å²) in [5, 5.41) is 11.9. The average molecular weight is 201 g/mol. The van der Waals surface area contributed by atoms with Crippen LogP contribution in [0.25, 0.3) is 10.9 Å². The first-order valence-corrected chi connectivity index (χ1v) is 5.58. The van der Waals surface area contributed by atoms with Crippen molar-refractivity contribution >= 4 is 10.9 Å². The van der Waals surface area contributed by atoms with Crippen LogP contribution in [-0.2, 0) is 0 Å². The Hall–Kier alpha value is -1.35. The van der Waals surface area contributed by atoms with Gasteiger partial charge in [-0.2, -0.15) is 5.10 Å². The van der Waals surface area contributed by atoms with E-state index in [9.17, 15) is 0 Å². The number of H-pyrrole nitrogens is 1. The first kappa shape index (κ1) is 8.92. The Kier molecular flexibility index (Phi) is 2.18. The van der Waals surface area contributed by atoms with Gasteiger partial charge in [-0.05, 0) is 30.9 Å². The molecule has 3 heteroatoms. The van der Waals surface area contributed by atoms with Gasteiger partial charge in [0.1, 0.15) is 0 Å². The van der Waals surface area contributed by atoms with E-state index in [0.29, 0.717) is 5.92 Å². The van der Waals surface area contributed by atoms with Crippen molar-refractivity contribution in [1.82, 2.24) is 15.5 Å². The van der Waals surface area contributed by atoms with Gasteiger partial charge in [-0.25, -0.2) is 0 Å². The Morgan fingerprint density at radius 3 is 3.20 bits per heavy atom. The van der Waals surface area contributed by atoms with Crippen LogP contribution in [0, 0.1) is 0 Å². The second kappa shape index (κ2) is 3.66. The Balaban J connectivity index is 2.05. The highest BCUT2D eigenvalue weighted by atomic mass is 15.1. The largest absolute Gasteiger partial charge is 0.316 e. The van der Waals surface area contributed by atoms with Crippen molar-refractivity contribution in [3.05, 3.63) is 30.0 Å². The number of aromatic amines is 1. The van der Waals surface area contributed by atoms with Crippen molar-refractivity contribution in [2.75, 3.05) is 13.1 Å². The van der Waals surface area contributed by atoms with Crippen LogP contribution in [0.1, 0.15) is 24.3 Å². The number of hydrogen-bond donors (Lipinski definition) is 2. The van der Waals surface area contributed by atoms with Gasteiger partial charge >= 0.3 is 0 Å². The highest BCUT2D eigenvalue weighted by Gasteiger charge is 2.17. The van der Waals surface area contributed by atoms with Crippen molar-refractivity contribution in [2.45, 2.75) is 18.8 Å². The van der Waals surface area contributed by atoms with Crippen LogP contribution in [0.4, 0.5) is 0 Å². The third kappa shape index (κ3) is 1.53. The number of rotatable bonds is 1. The summed E-state index contributed by atoms with van der Waals surface area (Å²) in [7, 11) is 0. The highest BCUT2D eigenvalue weighted by molar-refractivity contribution is 5.81. The molecule has 1 atom stereocenters. The second-order valence-corrected chi connectivity index (χ2v) is 4.22. The van der Waals surface area contributed by atoms with Crippen LogP contribution in [0.15, 0.2) is 24.4 Å². The molecule has 2 heterocycles. The third-order valence-corrected chi connectivity index (χ3v) is 3.25. The Bertz CT molecular complexity index is 455. The molecule has 0 aliphatic carbocycles. The molecule has 1 saturated heterocycles. The molecule has 1 aromatic heterocycles. The maximum Gasteiger partial charge on any atom is 0.0685 e. The van der Waals surface area contributed by atoms with E-state index in [1.54, 1.807) is 0 Å². The average Bonchev–Trinajstić information content (AvgIpc) is 2.78. The van der Waals surface area contributed by atoms with Gasteiger partial charge in [0.15, 0.2) is 0 Å². The summed E-state index contributed by atoms with van der Waals surface area (Å²) in [6.07, 6.45) is 4.45. The molecule has 3 rings (SSSR count). The number of nitrogens with zero attached hydrogens (tertiary/aromatic N) is 1. The molecule has 0 amide bonds. The number of aromatic nitrogens is 2. The zero-order valence-electron chi connectivity index (χ0n) is 8.66. The molecule has 78 valence electrons. The number of nitrogens with one attached hydrogen (secondary N) is 2. The quantitative estimate of drug-likeness (QED) is 0.741. The maximum atomic E-state index is 4.11. The van der Waals surface area contributed by atoms with E-state index in [0.717, 1.165) is 13.1 Å². The number of hydrogen-bond acceptors (Lipinski definition) is 2. The van der Waals surface area contributed by atoms with Crippen LogP contribution in [-0.4, -0.2) is 23.3 Å². The van der Waals surface area contributed by atoms with Crippen molar-refractivity contribution in [3.8, 4) is 0 Å². The molecule has 0 radical (unpaired) electrons. The lowest BCUT2D eigenvalue weighted by atomic mass is 9.90. The molecule has 3 nitrogen and oxygen atoms in total. The van der Waals surface area contributed by atoms with Gasteiger partial charge in [-0.15, -0.1) is 0 Å². The summed E-state index contributed by atoms with van der Waals surface area (Å²) in [4.78, 5) is 0. The van der Waals surface area contributed by atoms with Crippen molar-refractivity contribution in [2.24, 2.45) is 0 Å². The molecule has 2 N–H and O–H groups in total. The molecule has 0 spiro atoms. The van der Waals surface area contributed by atoms with Crippen LogP contribution in [0.5, 0.6) is 0 Å². The lowest BCUT2D eigenvalue weighted by Crippen LogP contribution is -2.28. The zero-order valence-corrected chi connectivity index (χ0v) is 8.66. The van der Waals surface area contributed by atoms with Crippen LogP contribution >= 0.6 is 0 Å². The molecule has 0 bridgehead atoms. The first-order valence-electron chi connectivity index (χ1n) is 5.58. The first-order chi connectivity index (χ1) is 7.45. The minimum Gasteiger partial charge on any atom is -0.316 e. The van der Waals surface area contributed by atoms with Gasteiger partial charge in [0.05, 0.1) is 11.7 Å². The molecular weight excluding hydrogens is 186 g/mol. The molecule has 1 aliphatic rings. The van der Waals surface area contributed by atoms with Gasteiger partial charge in [0, 0.05) is 11.9 Å². The zero-order chi connectivity index (χ0) is 10.1. The van der Waals surface area contributed by atoms with Crippen LogP contribution < -0.4 is 5.32 Å². The SMILES string of the molecule is c1cc(C2CCCNC2)c2[nH]ncc2c1. The van der Waals surface area contributed by atoms with E-state index in [1.165, 1.54) is 29.3 Å². The van der Waals surface area contributed by atoms with E-state index >= 15 is 0 Å². The maximum absolute atomic E-state index is 4.11. The number of piperidine rings is 1. The van der Waals surface area contributed by atoms with Gasteiger partial charge < -0.3 is 5.32 Å². The smallest absolute Gasteiger partial charge is 0.0685 e. The minimum atomic E-state index is 0.642. The Labute approximate surface area is 88.9 Å². The lowest BCUT2D eigenvalue weighted by Gasteiger charge is -2.23. The minimum absolute atomic E-state index is 0.642. The normalized spacial score (nSPS) is 22.0. The summed E-state index contributed by atoms with van der Waals surface area (Å²) < 4.78 is 0. The van der Waals surface area contributed by atoms with Crippen molar-refractivity contribution in [1.29, 1.82) is 0 Å². The molecule has 1 fully saturated rings. The van der Waals surface area contributed by atoms with Crippen molar-refractivity contribution < 1.29 is 0 Å². The predicted octanol–water partition coefficient (Wildman–Crippen LogP) is 2.03. The number of fused-ring (bicyclic) bond motifs is 1. The molecular formula is C12H15N3. The van der Waals surface area contributed by atoms with Gasteiger partial charge in [0.2, 0.25) is 0 Å². The summed E-state index contributed by atoms with van der Waals surface area (Å²) in [6.45, 7) is 2.26. The van der Waals surface area contributed by atoms with E-state index in [1.807, 2.05) is 6.20 Å². The van der Waals surface area contributed by atoms with Crippen molar-refractivity contribution in [3.63, 3.8) is 0 Å².